The topological polar surface area (TPSA) is 60.5 Å². The maximum Gasteiger partial charge on any atom is 0.257 e. The first-order valence-electron chi connectivity index (χ1n) is 7.02. The molecule has 5 nitrogen and oxygen atoms in total. The number of nitrogens with one attached hydrogen (secondary N) is 1. The van der Waals surface area contributed by atoms with Gasteiger partial charge in [-0.05, 0) is 24.7 Å². The minimum Gasteiger partial charge on any atom is -0.376 e. The number of fused-ring (bicyclic) bond motifs is 1. The van der Waals surface area contributed by atoms with Gasteiger partial charge in [-0.1, -0.05) is 13.8 Å². The third-order valence-electron chi connectivity index (χ3n) is 3.79. The average molecular weight is 296 g/mol. The Labute approximate surface area is 122 Å². The second kappa shape index (κ2) is 5.42. The Morgan fingerprint density at radius 3 is 3.05 bits per heavy atom. The zero-order valence-corrected chi connectivity index (χ0v) is 12.7. The third-order valence-corrected chi connectivity index (χ3v) is 4.81. The lowest BCUT2D eigenvalue weighted by Crippen LogP contribution is -2.39. The van der Waals surface area contributed by atoms with Gasteiger partial charge in [-0.15, -0.1) is 11.3 Å². The quantitative estimate of drug-likeness (QED) is 0.907. The summed E-state index contributed by atoms with van der Waals surface area (Å²) < 4.78 is 10.6. The molecule has 0 radical (unpaired) electrons. The molecule has 1 aliphatic carbocycles. The molecule has 2 heterocycles. The van der Waals surface area contributed by atoms with Gasteiger partial charge in [0, 0.05) is 4.88 Å². The van der Waals surface area contributed by atoms with Gasteiger partial charge >= 0.3 is 0 Å². The van der Waals surface area contributed by atoms with Crippen LogP contribution in [0.3, 0.4) is 0 Å². The summed E-state index contributed by atoms with van der Waals surface area (Å²) in [4.78, 5) is 17.9. The highest BCUT2D eigenvalue weighted by atomic mass is 32.1. The van der Waals surface area contributed by atoms with Gasteiger partial charge in [0.2, 0.25) is 0 Å². The molecular weight excluding hydrogens is 276 g/mol. The van der Waals surface area contributed by atoms with Crippen molar-refractivity contribution in [1.29, 1.82) is 0 Å². The van der Waals surface area contributed by atoms with Crippen molar-refractivity contribution in [3.63, 3.8) is 0 Å². The van der Waals surface area contributed by atoms with Crippen molar-refractivity contribution in [3.8, 4) is 0 Å². The number of rotatable bonds is 2. The van der Waals surface area contributed by atoms with E-state index in [4.69, 9.17) is 9.47 Å². The summed E-state index contributed by atoms with van der Waals surface area (Å²) in [7, 11) is 0. The molecule has 20 heavy (non-hydrogen) atoms. The van der Waals surface area contributed by atoms with Crippen LogP contribution in [0.2, 0.25) is 0 Å². The standard InChI is InChI=1S/C14H20N2O3S/c1-14(2)4-3-9-11(7-14)20-13(15-9)16-12(17)10-8-18-5-6-19-10/h10H,3-8H2,1-2H3,(H,15,16,17). The zero-order chi connectivity index (χ0) is 14.2. The number of nitrogens with zero attached hydrogens (tertiary/aromatic N) is 1. The van der Waals surface area contributed by atoms with Crippen LogP contribution in [-0.2, 0) is 27.1 Å². The smallest absolute Gasteiger partial charge is 0.257 e. The van der Waals surface area contributed by atoms with Crippen molar-refractivity contribution in [2.75, 3.05) is 25.1 Å². The van der Waals surface area contributed by atoms with Crippen molar-refractivity contribution in [1.82, 2.24) is 4.98 Å². The highest BCUT2D eigenvalue weighted by Crippen LogP contribution is 2.38. The van der Waals surface area contributed by atoms with Crippen LogP contribution in [0.1, 0.15) is 30.8 Å². The summed E-state index contributed by atoms with van der Waals surface area (Å²) in [5, 5.41) is 3.55. The second-order valence-electron chi connectivity index (χ2n) is 6.15. The zero-order valence-electron chi connectivity index (χ0n) is 11.9. The number of ether oxygens (including phenoxy) is 2. The molecule has 0 saturated carbocycles. The fourth-order valence-corrected chi connectivity index (χ4v) is 3.84. The molecule has 110 valence electrons. The lowest BCUT2D eigenvalue weighted by molar-refractivity contribution is -0.142. The summed E-state index contributed by atoms with van der Waals surface area (Å²) in [6, 6.07) is 0. The molecule has 1 aromatic rings. The van der Waals surface area contributed by atoms with Gasteiger partial charge < -0.3 is 9.47 Å². The largest absolute Gasteiger partial charge is 0.376 e. The minimum absolute atomic E-state index is 0.157. The molecule has 1 saturated heterocycles. The molecule has 2 aliphatic rings. The molecule has 3 rings (SSSR count). The van der Waals surface area contributed by atoms with E-state index in [9.17, 15) is 4.79 Å². The lowest BCUT2D eigenvalue weighted by Gasteiger charge is -2.28. The Kier molecular flexibility index (Phi) is 3.79. The van der Waals surface area contributed by atoms with Crippen LogP contribution >= 0.6 is 11.3 Å². The van der Waals surface area contributed by atoms with Crippen molar-refractivity contribution in [2.45, 2.75) is 39.2 Å². The van der Waals surface area contributed by atoms with Crippen LogP contribution in [0.5, 0.6) is 0 Å². The first-order valence-corrected chi connectivity index (χ1v) is 7.84. The van der Waals surface area contributed by atoms with Gasteiger partial charge in [0.15, 0.2) is 11.2 Å². The number of thiazole rings is 1. The normalized spacial score (nSPS) is 25.0. The molecule has 0 bridgehead atoms. The predicted molar refractivity (Wildman–Crippen MR) is 77.1 cm³/mol. The number of aromatic nitrogens is 1. The molecule has 0 aromatic carbocycles. The lowest BCUT2D eigenvalue weighted by atomic mass is 9.79. The van der Waals surface area contributed by atoms with Gasteiger partial charge in [0.25, 0.3) is 5.91 Å². The summed E-state index contributed by atoms with van der Waals surface area (Å²) in [6.07, 6.45) is 2.67. The Morgan fingerprint density at radius 2 is 2.30 bits per heavy atom. The average Bonchev–Trinajstić information content (AvgIpc) is 2.79. The Morgan fingerprint density at radius 1 is 1.45 bits per heavy atom. The summed E-state index contributed by atoms with van der Waals surface area (Å²) in [5.41, 5.74) is 1.48. The van der Waals surface area contributed by atoms with Gasteiger partial charge in [-0.3, -0.25) is 10.1 Å². The number of hydrogen-bond donors (Lipinski definition) is 1. The van der Waals surface area contributed by atoms with E-state index < -0.39 is 6.10 Å². The van der Waals surface area contributed by atoms with Crippen LogP contribution in [-0.4, -0.2) is 36.8 Å². The fraction of sp³-hybridized carbons (Fsp3) is 0.714. The SMILES string of the molecule is CC1(C)CCc2nc(NC(=O)C3COCCO3)sc2C1. The van der Waals surface area contributed by atoms with E-state index in [-0.39, 0.29) is 5.91 Å². The number of amides is 1. The molecule has 1 aromatic heterocycles. The summed E-state index contributed by atoms with van der Waals surface area (Å²) in [5.74, 6) is -0.157. The van der Waals surface area contributed by atoms with E-state index in [1.165, 1.54) is 4.88 Å². The van der Waals surface area contributed by atoms with E-state index in [1.807, 2.05) is 0 Å². The van der Waals surface area contributed by atoms with Crippen LogP contribution in [0.25, 0.3) is 0 Å². The molecule has 0 spiro atoms. The van der Waals surface area contributed by atoms with E-state index in [1.54, 1.807) is 11.3 Å². The Balaban J connectivity index is 1.66. The number of hydrogen-bond acceptors (Lipinski definition) is 5. The molecular formula is C14H20N2O3S. The Bertz CT molecular complexity index is 507. The van der Waals surface area contributed by atoms with Crippen LogP contribution in [0.4, 0.5) is 5.13 Å². The summed E-state index contributed by atoms with van der Waals surface area (Å²) >= 11 is 1.59. The highest BCUT2D eigenvalue weighted by Gasteiger charge is 2.29. The first kappa shape index (κ1) is 14.0. The highest BCUT2D eigenvalue weighted by molar-refractivity contribution is 7.15. The van der Waals surface area contributed by atoms with Crippen LogP contribution in [0.15, 0.2) is 0 Å². The molecule has 6 heteroatoms. The van der Waals surface area contributed by atoms with Crippen molar-refractivity contribution in [3.05, 3.63) is 10.6 Å². The second-order valence-corrected chi connectivity index (χ2v) is 7.24. The summed E-state index contributed by atoms with van der Waals surface area (Å²) in [6.45, 7) is 5.91. The number of aryl methyl sites for hydroxylation is 1. The third kappa shape index (κ3) is 3.02. The minimum atomic E-state index is -0.513. The molecule has 1 unspecified atom stereocenters. The number of anilines is 1. The fourth-order valence-electron chi connectivity index (χ4n) is 2.58. The monoisotopic (exact) mass is 296 g/mol. The van der Waals surface area contributed by atoms with E-state index in [0.29, 0.717) is 30.4 Å². The van der Waals surface area contributed by atoms with Crippen LogP contribution in [0, 0.1) is 5.41 Å². The van der Waals surface area contributed by atoms with Crippen LogP contribution < -0.4 is 5.32 Å². The molecule has 1 aliphatic heterocycles. The molecule has 1 N–H and O–H groups in total. The van der Waals surface area contributed by atoms with Crippen molar-refractivity contribution >= 4 is 22.4 Å². The Hall–Kier alpha value is -0.980. The number of carbonyl (C=O) groups is 1. The number of carbonyl (C=O) groups excluding carboxylic acids is 1. The first-order chi connectivity index (χ1) is 9.53. The van der Waals surface area contributed by atoms with E-state index >= 15 is 0 Å². The van der Waals surface area contributed by atoms with E-state index in [0.717, 1.165) is 25.0 Å². The van der Waals surface area contributed by atoms with Gasteiger partial charge in [-0.2, -0.15) is 0 Å². The predicted octanol–water partition coefficient (Wildman–Crippen LogP) is 2.01. The molecule has 1 atom stereocenters. The molecule has 1 fully saturated rings. The van der Waals surface area contributed by atoms with Gasteiger partial charge in [0.1, 0.15) is 0 Å². The van der Waals surface area contributed by atoms with Gasteiger partial charge in [0.05, 0.1) is 25.5 Å². The van der Waals surface area contributed by atoms with Crippen molar-refractivity contribution < 1.29 is 14.3 Å². The van der Waals surface area contributed by atoms with Gasteiger partial charge in [-0.25, -0.2) is 4.98 Å². The maximum atomic E-state index is 12.1. The van der Waals surface area contributed by atoms with E-state index in [2.05, 4.69) is 24.1 Å². The maximum absolute atomic E-state index is 12.1. The van der Waals surface area contributed by atoms with Crippen molar-refractivity contribution in [2.24, 2.45) is 5.41 Å². The molecule has 1 amide bonds.